The first kappa shape index (κ1) is 13.3. The van der Waals surface area contributed by atoms with Gasteiger partial charge in [-0.3, -0.25) is 0 Å². The Bertz CT molecular complexity index is 367. The lowest BCUT2D eigenvalue weighted by Crippen LogP contribution is -1.88. The van der Waals surface area contributed by atoms with Crippen molar-refractivity contribution < 1.29 is 9.90 Å². The van der Waals surface area contributed by atoms with E-state index in [-0.39, 0.29) is 0 Å². The van der Waals surface area contributed by atoms with Crippen molar-refractivity contribution in [3.05, 3.63) is 23.1 Å². The molecule has 0 aromatic carbocycles. The van der Waals surface area contributed by atoms with Crippen LogP contribution in [0.25, 0.3) is 6.08 Å². The van der Waals surface area contributed by atoms with Crippen LogP contribution in [0.15, 0.2) is 22.4 Å². The Balaban J connectivity index is 2.42. The van der Waals surface area contributed by atoms with Gasteiger partial charge < -0.3 is 5.11 Å². The molecule has 0 spiro atoms. The predicted octanol–water partition coefficient (Wildman–Crippen LogP) is 3.98. The number of carboxylic acids is 1. The van der Waals surface area contributed by atoms with E-state index in [2.05, 4.69) is 19.9 Å². The lowest BCUT2D eigenvalue weighted by Gasteiger charge is -2.01. The summed E-state index contributed by atoms with van der Waals surface area (Å²) in [7, 11) is 0. The average molecular weight is 256 g/mol. The fourth-order valence-electron chi connectivity index (χ4n) is 1.05. The van der Waals surface area contributed by atoms with Gasteiger partial charge in [-0.25, -0.2) is 4.79 Å². The van der Waals surface area contributed by atoms with Crippen LogP contribution in [0.2, 0.25) is 0 Å². The van der Waals surface area contributed by atoms with Crippen molar-refractivity contribution in [1.29, 1.82) is 0 Å². The molecule has 88 valence electrons. The monoisotopic (exact) mass is 256 g/mol. The van der Waals surface area contributed by atoms with E-state index < -0.39 is 5.97 Å². The molecule has 16 heavy (non-hydrogen) atoms. The molecule has 0 radical (unpaired) electrons. The summed E-state index contributed by atoms with van der Waals surface area (Å²) < 4.78 is 1.26. The second kappa shape index (κ2) is 6.76. The summed E-state index contributed by atoms with van der Waals surface area (Å²) >= 11 is 3.48. The van der Waals surface area contributed by atoms with Crippen molar-refractivity contribution in [3.8, 4) is 0 Å². The summed E-state index contributed by atoms with van der Waals surface area (Å²) in [5.74, 6) is 0.960. The molecule has 0 amide bonds. The maximum atomic E-state index is 10.3. The van der Waals surface area contributed by atoms with E-state index in [0.717, 1.165) is 16.5 Å². The smallest absolute Gasteiger partial charge is 0.328 e. The number of hydrogen-bond donors (Lipinski definition) is 1. The van der Waals surface area contributed by atoms with Crippen LogP contribution in [-0.4, -0.2) is 16.8 Å². The van der Waals surface area contributed by atoms with Crippen LogP contribution in [0.4, 0.5) is 0 Å². The molecule has 1 rings (SSSR count). The zero-order chi connectivity index (χ0) is 12.0. The Labute approximate surface area is 104 Å². The highest BCUT2D eigenvalue weighted by Crippen LogP contribution is 2.29. The number of rotatable bonds is 6. The molecule has 1 aromatic heterocycles. The normalized spacial score (nSPS) is 11.4. The highest BCUT2D eigenvalue weighted by molar-refractivity contribution is 8.01. The van der Waals surface area contributed by atoms with E-state index in [4.69, 9.17) is 5.11 Å². The molecule has 0 bridgehead atoms. The highest BCUT2D eigenvalue weighted by Gasteiger charge is 2.00. The molecule has 1 N–H and O–H groups in total. The van der Waals surface area contributed by atoms with Gasteiger partial charge in [-0.05, 0) is 36.3 Å². The van der Waals surface area contributed by atoms with Gasteiger partial charge in [0.25, 0.3) is 0 Å². The Morgan fingerprint density at radius 3 is 2.94 bits per heavy atom. The highest BCUT2D eigenvalue weighted by atomic mass is 32.2. The molecule has 1 aromatic rings. The molecule has 0 aliphatic rings. The SMILES string of the molecule is CC(C)CCSc1ccc(C=CC(=O)O)s1. The van der Waals surface area contributed by atoms with Crippen molar-refractivity contribution in [1.82, 2.24) is 0 Å². The zero-order valence-corrected chi connectivity index (χ0v) is 11.1. The van der Waals surface area contributed by atoms with Crippen LogP contribution >= 0.6 is 23.1 Å². The Morgan fingerprint density at radius 1 is 1.56 bits per heavy atom. The lowest BCUT2D eigenvalue weighted by molar-refractivity contribution is -0.131. The first-order valence-corrected chi connectivity index (χ1v) is 7.02. The van der Waals surface area contributed by atoms with Crippen molar-refractivity contribution >= 4 is 35.1 Å². The molecular weight excluding hydrogens is 240 g/mol. The van der Waals surface area contributed by atoms with Crippen LogP contribution in [0, 0.1) is 5.92 Å². The number of aliphatic carboxylic acids is 1. The number of carbonyl (C=O) groups is 1. The first-order chi connectivity index (χ1) is 7.58. The van der Waals surface area contributed by atoms with E-state index in [1.54, 1.807) is 17.4 Å². The summed E-state index contributed by atoms with van der Waals surface area (Å²) in [5, 5.41) is 8.50. The van der Waals surface area contributed by atoms with Crippen molar-refractivity contribution in [2.75, 3.05) is 5.75 Å². The average Bonchev–Trinajstić information content (AvgIpc) is 2.62. The van der Waals surface area contributed by atoms with Gasteiger partial charge in [0.15, 0.2) is 0 Å². The molecule has 4 heteroatoms. The van der Waals surface area contributed by atoms with Gasteiger partial charge in [-0.2, -0.15) is 0 Å². The zero-order valence-electron chi connectivity index (χ0n) is 9.47. The molecular formula is C12H16O2S2. The van der Waals surface area contributed by atoms with E-state index in [0.29, 0.717) is 0 Å². The molecule has 0 saturated heterocycles. The molecule has 0 saturated carbocycles. The lowest BCUT2D eigenvalue weighted by atomic mass is 10.2. The molecule has 2 nitrogen and oxygen atoms in total. The quantitative estimate of drug-likeness (QED) is 0.618. The van der Waals surface area contributed by atoms with Gasteiger partial charge in [-0.15, -0.1) is 23.1 Å². The van der Waals surface area contributed by atoms with Crippen molar-refractivity contribution in [2.24, 2.45) is 5.92 Å². The second-order valence-corrected chi connectivity index (χ2v) is 6.37. The summed E-state index contributed by atoms with van der Waals surface area (Å²) in [6, 6.07) is 4.01. The largest absolute Gasteiger partial charge is 0.478 e. The fraction of sp³-hybridized carbons (Fsp3) is 0.417. The minimum Gasteiger partial charge on any atom is -0.478 e. The van der Waals surface area contributed by atoms with E-state index in [1.807, 2.05) is 17.8 Å². The van der Waals surface area contributed by atoms with Crippen molar-refractivity contribution in [3.63, 3.8) is 0 Å². The summed E-state index contributed by atoms with van der Waals surface area (Å²) in [5.41, 5.74) is 0. The van der Waals surface area contributed by atoms with Gasteiger partial charge in [0.05, 0.1) is 4.21 Å². The van der Waals surface area contributed by atoms with Crippen LogP contribution < -0.4 is 0 Å². The fourth-order valence-corrected chi connectivity index (χ4v) is 3.42. The van der Waals surface area contributed by atoms with Gasteiger partial charge in [0.1, 0.15) is 0 Å². The molecule has 0 fully saturated rings. The third-order valence-electron chi connectivity index (χ3n) is 1.93. The Hall–Kier alpha value is -0.740. The van der Waals surface area contributed by atoms with Gasteiger partial charge in [0.2, 0.25) is 0 Å². The molecule has 0 aliphatic heterocycles. The maximum absolute atomic E-state index is 10.3. The maximum Gasteiger partial charge on any atom is 0.328 e. The van der Waals surface area contributed by atoms with E-state index in [9.17, 15) is 4.79 Å². The number of thioether (sulfide) groups is 1. The Morgan fingerprint density at radius 2 is 2.31 bits per heavy atom. The van der Waals surface area contributed by atoms with E-state index in [1.165, 1.54) is 16.7 Å². The summed E-state index contributed by atoms with van der Waals surface area (Å²) in [4.78, 5) is 11.3. The Kier molecular flexibility index (Phi) is 5.63. The van der Waals surface area contributed by atoms with Gasteiger partial charge in [-0.1, -0.05) is 13.8 Å². The standard InChI is InChI=1S/C12H16O2S2/c1-9(2)7-8-15-12-6-4-10(16-12)3-5-11(13)14/h3-6,9H,7-8H2,1-2H3,(H,13,14). The molecule has 1 heterocycles. The van der Waals surface area contributed by atoms with Crippen LogP contribution in [0.5, 0.6) is 0 Å². The molecule has 0 aliphatic carbocycles. The summed E-state index contributed by atoms with van der Waals surface area (Å²) in [6.45, 7) is 4.44. The first-order valence-electron chi connectivity index (χ1n) is 5.21. The predicted molar refractivity (Wildman–Crippen MR) is 71.2 cm³/mol. The topological polar surface area (TPSA) is 37.3 Å². The van der Waals surface area contributed by atoms with Crippen LogP contribution in [0.1, 0.15) is 25.1 Å². The van der Waals surface area contributed by atoms with Gasteiger partial charge >= 0.3 is 5.97 Å². The van der Waals surface area contributed by atoms with Crippen LogP contribution in [-0.2, 0) is 4.79 Å². The molecule has 0 unspecified atom stereocenters. The van der Waals surface area contributed by atoms with Crippen molar-refractivity contribution in [2.45, 2.75) is 24.5 Å². The molecule has 0 atom stereocenters. The van der Waals surface area contributed by atoms with Gasteiger partial charge in [0, 0.05) is 11.0 Å². The minimum absolute atomic E-state index is 0.735. The number of carboxylic acid groups (broad SMARTS) is 1. The second-order valence-electron chi connectivity index (χ2n) is 3.86. The summed E-state index contributed by atoms with van der Waals surface area (Å²) in [6.07, 6.45) is 4.02. The third kappa shape index (κ3) is 5.37. The third-order valence-corrected chi connectivity index (χ3v) is 4.24. The number of hydrogen-bond acceptors (Lipinski definition) is 3. The van der Waals surface area contributed by atoms with Crippen LogP contribution in [0.3, 0.4) is 0 Å². The minimum atomic E-state index is -0.901. The number of thiophene rings is 1. The van der Waals surface area contributed by atoms with E-state index >= 15 is 0 Å².